The molecule has 2 aromatic carbocycles. The summed E-state index contributed by atoms with van der Waals surface area (Å²) in [5.41, 5.74) is 3.62. The number of carbonyl (C=O) groups is 2. The molecule has 3 N–H and O–H groups in total. The molecule has 1 aliphatic heterocycles. The van der Waals surface area contributed by atoms with Gasteiger partial charge in [0.1, 0.15) is 5.82 Å². The van der Waals surface area contributed by atoms with E-state index in [1.807, 2.05) is 0 Å². The first-order chi connectivity index (χ1) is 15.6. The fourth-order valence-electron chi connectivity index (χ4n) is 4.22. The Labute approximate surface area is 189 Å². The number of aryl methyl sites for hydroxylation is 1. The SMILES string of the molecule is Cc1[nH]c(C=C2C(=O)Nc3cccc(-c4cccc(F)c4)c32)c(CCC(=O)O)c1S(C)(=O)=O. The van der Waals surface area contributed by atoms with Crippen molar-refractivity contribution in [3.63, 3.8) is 0 Å². The molecule has 0 unspecified atom stereocenters. The van der Waals surface area contributed by atoms with Gasteiger partial charge in [-0.1, -0.05) is 24.3 Å². The van der Waals surface area contributed by atoms with Crippen molar-refractivity contribution in [1.29, 1.82) is 0 Å². The Morgan fingerprint density at radius 2 is 1.91 bits per heavy atom. The molecule has 0 spiro atoms. The summed E-state index contributed by atoms with van der Waals surface area (Å²) in [4.78, 5) is 27.1. The minimum atomic E-state index is -3.65. The molecule has 1 aromatic heterocycles. The number of aliphatic carboxylic acids is 1. The van der Waals surface area contributed by atoms with Crippen molar-refractivity contribution in [2.45, 2.75) is 24.7 Å². The molecule has 0 bridgehead atoms. The van der Waals surface area contributed by atoms with E-state index in [1.165, 1.54) is 18.2 Å². The molecular formula is C24H21FN2O5S. The molecule has 1 amide bonds. The van der Waals surface area contributed by atoms with E-state index >= 15 is 0 Å². The van der Waals surface area contributed by atoms with Crippen molar-refractivity contribution in [2.24, 2.45) is 0 Å². The maximum absolute atomic E-state index is 13.9. The maximum atomic E-state index is 13.9. The average Bonchev–Trinajstić information content (AvgIpc) is 3.22. The largest absolute Gasteiger partial charge is 0.481 e. The highest BCUT2D eigenvalue weighted by Gasteiger charge is 2.29. The number of aromatic nitrogens is 1. The van der Waals surface area contributed by atoms with Crippen LogP contribution in [0.1, 0.15) is 28.9 Å². The third-order valence-electron chi connectivity index (χ3n) is 5.47. The molecule has 7 nitrogen and oxygen atoms in total. The van der Waals surface area contributed by atoms with Gasteiger partial charge in [-0.3, -0.25) is 9.59 Å². The lowest BCUT2D eigenvalue weighted by Gasteiger charge is -2.09. The minimum absolute atomic E-state index is 0.0266. The van der Waals surface area contributed by atoms with Gasteiger partial charge in [-0.15, -0.1) is 0 Å². The first-order valence-electron chi connectivity index (χ1n) is 10.1. The van der Waals surface area contributed by atoms with Gasteiger partial charge in [-0.05, 0) is 54.3 Å². The number of rotatable bonds is 6. The number of benzene rings is 2. The van der Waals surface area contributed by atoms with Gasteiger partial charge in [0.2, 0.25) is 0 Å². The van der Waals surface area contributed by atoms with Crippen LogP contribution in [0.5, 0.6) is 0 Å². The van der Waals surface area contributed by atoms with Crippen LogP contribution in [0.3, 0.4) is 0 Å². The lowest BCUT2D eigenvalue weighted by Crippen LogP contribution is -2.06. The zero-order chi connectivity index (χ0) is 23.9. The van der Waals surface area contributed by atoms with Crippen LogP contribution in [-0.2, 0) is 25.8 Å². The smallest absolute Gasteiger partial charge is 0.303 e. The summed E-state index contributed by atoms with van der Waals surface area (Å²) in [5.74, 6) is -1.88. The Morgan fingerprint density at radius 3 is 2.58 bits per heavy atom. The van der Waals surface area contributed by atoms with E-state index in [1.54, 1.807) is 37.3 Å². The van der Waals surface area contributed by atoms with E-state index in [0.29, 0.717) is 39.3 Å². The zero-order valence-electron chi connectivity index (χ0n) is 17.9. The predicted molar refractivity (Wildman–Crippen MR) is 123 cm³/mol. The van der Waals surface area contributed by atoms with Crippen molar-refractivity contribution in [2.75, 3.05) is 11.6 Å². The molecule has 9 heteroatoms. The molecule has 0 atom stereocenters. The monoisotopic (exact) mass is 468 g/mol. The normalized spacial score (nSPS) is 14.4. The van der Waals surface area contributed by atoms with Crippen molar-refractivity contribution in [1.82, 2.24) is 4.98 Å². The number of amides is 1. The standard InChI is InChI=1S/C24H21FN2O5S/c1-13-23(33(2,31)32)17(9-10-21(28)29)20(26-13)12-18-22-16(14-5-3-6-15(25)11-14)7-4-8-19(22)27-24(18)30/h3-8,11-12,26H,9-10H2,1-2H3,(H,27,30)(H,28,29). The third kappa shape index (κ3) is 4.31. The first-order valence-corrected chi connectivity index (χ1v) is 12.0. The Bertz CT molecular complexity index is 1440. The van der Waals surface area contributed by atoms with E-state index in [4.69, 9.17) is 5.11 Å². The van der Waals surface area contributed by atoms with Crippen molar-refractivity contribution in [3.8, 4) is 11.1 Å². The van der Waals surface area contributed by atoms with E-state index in [2.05, 4.69) is 10.3 Å². The van der Waals surface area contributed by atoms with Gasteiger partial charge in [0, 0.05) is 35.3 Å². The molecule has 0 aliphatic carbocycles. The highest BCUT2D eigenvalue weighted by Crippen LogP contribution is 2.41. The summed E-state index contributed by atoms with van der Waals surface area (Å²) >= 11 is 0. The average molecular weight is 469 g/mol. The second-order valence-corrected chi connectivity index (χ2v) is 9.84. The number of sulfone groups is 1. The van der Waals surface area contributed by atoms with E-state index < -0.39 is 27.5 Å². The molecule has 0 radical (unpaired) electrons. The quantitative estimate of drug-likeness (QED) is 0.472. The van der Waals surface area contributed by atoms with Crippen LogP contribution in [0.4, 0.5) is 10.1 Å². The molecule has 0 saturated carbocycles. The highest BCUT2D eigenvalue weighted by atomic mass is 32.2. The first kappa shape index (κ1) is 22.5. The summed E-state index contributed by atoms with van der Waals surface area (Å²) in [6.45, 7) is 1.59. The lowest BCUT2D eigenvalue weighted by molar-refractivity contribution is -0.137. The van der Waals surface area contributed by atoms with Crippen LogP contribution in [0.25, 0.3) is 22.8 Å². The summed E-state index contributed by atoms with van der Waals surface area (Å²) in [6, 6.07) is 11.3. The number of hydrogen-bond donors (Lipinski definition) is 3. The predicted octanol–water partition coefficient (Wildman–Crippen LogP) is 4.04. The zero-order valence-corrected chi connectivity index (χ0v) is 18.7. The molecule has 170 valence electrons. The number of anilines is 1. The maximum Gasteiger partial charge on any atom is 0.303 e. The number of carboxylic acids is 1. The Balaban J connectivity index is 1.92. The number of H-pyrrole nitrogens is 1. The molecule has 0 fully saturated rings. The molecule has 2 heterocycles. The second kappa shape index (κ2) is 8.32. The van der Waals surface area contributed by atoms with Gasteiger partial charge < -0.3 is 15.4 Å². The van der Waals surface area contributed by atoms with E-state index in [0.717, 1.165) is 6.26 Å². The summed E-state index contributed by atoms with van der Waals surface area (Å²) in [7, 11) is -3.65. The van der Waals surface area contributed by atoms with Crippen molar-refractivity contribution < 1.29 is 27.5 Å². The molecule has 1 aliphatic rings. The van der Waals surface area contributed by atoms with Gasteiger partial charge >= 0.3 is 5.97 Å². The molecule has 3 aromatic rings. The fourth-order valence-corrected chi connectivity index (χ4v) is 5.48. The van der Waals surface area contributed by atoms with E-state index in [-0.39, 0.29) is 23.3 Å². The van der Waals surface area contributed by atoms with Gasteiger partial charge in [0.15, 0.2) is 9.84 Å². The summed E-state index contributed by atoms with van der Waals surface area (Å²) in [6.07, 6.45) is 2.29. The Hall–Kier alpha value is -3.72. The topological polar surface area (TPSA) is 116 Å². The number of hydrogen-bond acceptors (Lipinski definition) is 4. The fraction of sp³-hybridized carbons (Fsp3) is 0.167. The molecular weight excluding hydrogens is 447 g/mol. The van der Waals surface area contributed by atoms with Gasteiger partial charge in [0.25, 0.3) is 5.91 Å². The van der Waals surface area contributed by atoms with Crippen LogP contribution in [0, 0.1) is 12.7 Å². The number of fused-ring (bicyclic) bond motifs is 1. The van der Waals surface area contributed by atoms with Crippen LogP contribution >= 0.6 is 0 Å². The third-order valence-corrected chi connectivity index (χ3v) is 6.77. The van der Waals surface area contributed by atoms with Gasteiger partial charge in [-0.2, -0.15) is 0 Å². The number of nitrogens with one attached hydrogen (secondary N) is 2. The Morgan fingerprint density at radius 1 is 1.18 bits per heavy atom. The number of halogens is 1. The van der Waals surface area contributed by atoms with Crippen LogP contribution in [-0.4, -0.2) is 36.6 Å². The van der Waals surface area contributed by atoms with Crippen LogP contribution in [0.2, 0.25) is 0 Å². The summed E-state index contributed by atoms with van der Waals surface area (Å²) < 4.78 is 38.7. The molecule has 0 saturated heterocycles. The summed E-state index contributed by atoms with van der Waals surface area (Å²) in [5, 5.41) is 11.9. The van der Waals surface area contributed by atoms with Crippen molar-refractivity contribution >= 4 is 39.1 Å². The van der Waals surface area contributed by atoms with Gasteiger partial charge in [-0.25, -0.2) is 12.8 Å². The highest BCUT2D eigenvalue weighted by molar-refractivity contribution is 7.90. The number of carbonyl (C=O) groups excluding carboxylic acids is 1. The van der Waals surface area contributed by atoms with Crippen molar-refractivity contribution in [3.05, 3.63) is 70.8 Å². The Kier molecular flexibility index (Phi) is 5.67. The number of aromatic amines is 1. The van der Waals surface area contributed by atoms with Crippen LogP contribution in [0.15, 0.2) is 47.4 Å². The lowest BCUT2D eigenvalue weighted by atomic mass is 9.94. The minimum Gasteiger partial charge on any atom is -0.481 e. The number of carboxylic acid groups (broad SMARTS) is 1. The second-order valence-electron chi connectivity index (χ2n) is 7.89. The van der Waals surface area contributed by atoms with E-state index in [9.17, 15) is 22.4 Å². The molecule has 33 heavy (non-hydrogen) atoms. The molecule has 4 rings (SSSR count). The van der Waals surface area contributed by atoms with Crippen LogP contribution < -0.4 is 5.32 Å². The van der Waals surface area contributed by atoms with Gasteiger partial charge in [0.05, 0.1) is 10.5 Å².